The second-order valence-corrected chi connectivity index (χ2v) is 9.06. The highest BCUT2D eigenvalue weighted by Crippen LogP contribution is 2.16. The number of hydrogen-bond donors (Lipinski definition) is 3. The fourth-order valence-corrected chi connectivity index (χ4v) is 2.98. The van der Waals surface area contributed by atoms with Gasteiger partial charge in [0.25, 0.3) is 0 Å². The minimum Gasteiger partial charge on any atom is -0.444 e. The van der Waals surface area contributed by atoms with Crippen molar-refractivity contribution in [3.63, 3.8) is 0 Å². The molecule has 1 heterocycles. The van der Waals surface area contributed by atoms with E-state index in [1.165, 1.54) is 11.3 Å². The van der Waals surface area contributed by atoms with E-state index in [1.54, 1.807) is 7.05 Å². The number of rotatable bonds is 6. The first kappa shape index (κ1) is 27.3. The quantitative estimate of drug-likeness (QED) is 0.288. The third kappa shape index (κ3) is 10.4. The Balaban J connectivity index is 0.00000480. The fourth-order valence-electron chi connectivity index (χ4n) is 2.98. The van der Waals surface area contributed by atoms with E-state index in [-0.39, 0.29) is 24.0 Å². The van der Waals surface area contributed by atoms with Gasteiger partial charge in [0.1, 0.15) is 5.60 Å². The highest BCUT2D eigenvalue weighted by Gasteiger charge is 2.24. The van der Waals surface area contributed by atoms with Gasteiger partial charge in [-0.25, -0.2) is 4.79 Å². The van der Waals surface area contributed by atoms with Crippen LogP contribution in [0.15, 0.2) is 29.3 Å². The van der Waals surface area contributed by atoms with Crippen LogP contribution in [0.25, 0.3) is 0 Å². The van der Waals surface area contributed by atoms with E-state index in [9.17, 15) is 4.79 Å². The van der Waals surface area contributed by atoms with Gasteiger partial charge < -0.3 is 30.3 Å². The summed E-state index contributed by atoms with van der Waals surface area (Å²) < 4.78 is 10.7. The van der Waals surface area contributed by atoms with E-state index < -0.39 is 17.2 Å². The summed E-state index contributed by atoms with van der Waals surface area (Å²) in [6.45, 7) is 14.0. The van der Waals surface area contributed by atoms with Gasteiger partial charge in [0.05, 0.1) is 18.8 Å². The predicted molar refractivity (Wildman–Crippen MR) is 137 cm³/mol. The average molecular weight is 547 g/mol. The van der Waals surface area contributed by atoms with Gasteiger partial charge >= 0.3 is 6.09 Å². The van der Waals surface area contributed by atoms with Crippen LogP contribution in [0.2, 0.25) is 0 Å². The number of carbonyl (C=O) groups excluding carboxylic acids is 1. The first-order valence-corrected chi connectivity index (χ1v) is 10.5. The Morgan fingerprint density at radius 3 is 2.26 bits per heavy atom. The molecule has 1 aliphatic rings. The Morgan fingerprint density at radius 2 is 1.71 bits per heavy atom. The van der Waals surface area contributed by atoms with Crippen molar-refractivity contribution in [2.24, 2.45) is 4.99 Å². The summed E-state index contributed by atoms with van der Waals surface area (Å²) in [5.41, 5.74) is 1.36. The smallest absolute Gasteiger partial charge is 0.408 e. The number of benzene rings is 1. The van der Waals surface area contributed by atoms with E-state index in [0.29, 0.717) is 19.0 Å². The molecule has 1 amide bonds. The molecule has 0 atom stereocenters. The Morgan fingerprint density at radius 1 is 1.10 bits per heavy atom. The third-order valence-corrected chi connectivity index (χ3v) is 4.53. The summed E-state index contributed by atoms with van der Waals surface area (Å²) in [6, 6.07) is 8.54. The maximum atomic E-state index is 12.0. The molecule has 176 valence electrons. The lowest BCUT2D eigenvalue weighted by Crippen LogP contribution is -2.54. The molecule has 0 aliphatic carbocycles. The van der Waals surface area contributed by atoms with Gasteiger partial charge in [0.2, 0.25) is 0 Å². The van der Waals surface area contributed by atoms with Gasteiger partial charge in [-0.2, -0.15) is 0 Å². The number of anilines is 1. The highest BCUT2D eigenvalue weighted by atomic mass is 127. The molecule has 1 aliphatic heterocycles. The number of halogens is 1. The maximum Gasteiger partial charge on any atom is 0.408 e. The second-order valence-electron chi connectivity index (χ2n) is 9.06. The molecular weight excluding hydrogens is 509 g/mol. The zero-order chi connectivity index (χ0) is 22.2. The van der Waals surface area contributed by atoms with Gasteiger partial charge in [0.15, 0.2) is 5.96 Å². The zero-order valence-electron chi connectivity index (χ0n) is 19.6. The van der Waals surface area contributed by atoms with E-state index in [4.69, 9.17) is 9.47 Å². The van der Waals surface area contributed by atoms with Crippen LogP contribution in [0.5, 0.6) is 0 Å². The fraction of sp³-hybridized carbons (Fsp3) is 0.636. The molecular formula is C22H38IN5O3. The lowest BCUT2D eigenvalue weighted by molar-refractivity contribution is 0.0474. The van der Waals surface area contributed by atoms with Crippen molar-refractivity contribution in [1.82, 2.24) is 16.0 Å². The molecule has 0 radical (unpaired) electrons. The summed E-state index contributed by atoms with van der Waals surface area (Å²) in [4.78, 5) is 18.6. The molecule has 9 heteroatoms. The normalized spacial score (nSPS) is 15.0. The second kappa shape index (κ2) is 12.3. The first-order chi connectivity index (χ1) is 14.1. The van der Waals surface area contributed by atoms with Crippen LogP contribution in [0.1, 0.15) is 40.2 Å². The Kier molecular flexibility index (Phi) is 10.9. The predicted octanol–water partition coefficient (Wildman–Crippen LogP) is 3.11. The van der Waals surface area contributed by atoms with Crippen LogP contribution in [0, 0.1) is 0 Å². The summed E-state index contributed by atoms with van der Waals surface area (Å²) in [6.07, 6.45) is -0.433. The lowest BCUT2D eigenvalue weighted by atomic mass is 10.1. The van der Waals surface area contributed by atoms with Crippen molar-refractivity contribution in [3.05, 3.63) is 29.8 Å². The molecule has 31 heavy (non-hydrogen) atoms. The van der Waals surface area contributed by atoms with Gasteiger partial charge in [-0.05, 0) is 52.3 Å². The minimum absolute atomic E-state index is 0. The Hall–Kier alpha value is -1.75. The summed E-state index contributed by atoms with van der Waals surface area (Å²) >= 11 is 0. The number of guanidine groups is 1. The number of carbonyl (C=O) groups is 1. The monoisotopic (exact) mass is 547 g/mol. The van der Waals surface area contributed by atoms with Crippen molar-refractivity contribution in [3.8, 4) is 0 Å². The number of morpholine rings is 1. The van der Waals surface area contributed by atoms with Crippen molar-refractivity contribution in [2.75, 3.05) is 44.8 Å². The molecule has 1 aromatic carbocycles. The number of ether oxygens (including phenoxy) is 2. The molecule has 0 aromatic heterocycles. The molecule has 0 bridgehead atoms. The Labute approximate surface area is 203 Å². The lowest BCUT2D eigenvalue weighted by Gasteiger charge is -2.29. The van der Waals surface area contributed by atoms with Gasteiger partial charge in [-0.15, -0.1) is 24.0 Å². The summed E-state index contributed by atoms with van der Waals surface area (Å²) in [5.74, 6) is 0.673. The van der Waals surface area contributed by atoms with Crippen LogP contribution in [0.4, 0.5) is 10.5 Å². The molecule has 3 N–H and O–H groups in total. The molecule has 1 saturated heterocycles. The number of nitrogens with zero attached hydrogens (tertiary/aromatic N) is 2. The molecule has 0 unspecified atom stereocenters. The molecule has 2 rings (SSSR count). The number of nitrogens with one attached hydrogen (secondary N) is 3. The number of alkyl carbamates (subject to hydrolysis) is 1. The van der Waals surface area contributed by atoms with Crippen LogP contribution >= 0.6 is 24.0 Å². The first-order valence-electron chi connectivity index (χ1n) is 10.5. The summed E-state index contributed by atoms with van der Waals surface area (Å²) in [7, 11) is 1.73. The van der Waals surface area contributed by atoms with Crippen LogP contribution in [-0.2, 0) is 16.0 Å². The van der Waals surface area contributed by atoms with Gasteiger partial charge in [-0.1, -0.05) is 12.1 Å². The number of amides is 1. The molecule has 0 spiro atoms. The minimum atomic E-state index is -0.525. The van der Waals surface area contributed by atoms with Gasteiger partial charge in [-0.3, -0.25) is 4.99 Å². The molecule has 8 nitrogen and oxygen atoms in total. The molecule has 1 fully saturated rings. The molecule has 1 aromatic rings. The van der Waals surface area contributed by atoms with Crippen molar-refractivity contribution in [1.29, 1.82) is 0 Å². The van der Waals surface area contributed by atoms with Crippen molar-refractivity contribution >= 4 is 41.7 Å². The standard InChI is InChI=1S/C22H37N5O3.HI/c1-21(2,3)30-20(28)26-22(4,5)16-25-19(23-6)24-15-17-7-9-18(10-8-17)27-11-13-29-14-12-27;/h7-10H,11-16H2,1-6H3,(H,26,28)(H2,23,24,25);1H. The van der Waals surface area contributed by atoms with Gasteiger partial charge in [0, 0.05) is 38.9 Å². The van der Waals surface area contributed by atoms with E-state index >= 15 is 0 Å². The van der Waals surface area contributed by atoms with E-state index in [2.05, 4.69) is 50.1 Å². The maximum absolute atomic E-state index is 12.0. The van der Waals surface area contributed by atoms with Crippen molar-refractivity contribution < 1.29 is 14.3 Å². The highest BCUT2D eigenvalue weighted by molar-refractivity contribution is 14.0. The zero-order valence-corrected chi connectivity index (χ0v) is 21.9. The van der Waals surface area contributed by atoms with Crippen molar-refractivity contribution in [2.45, 2.75) is 52.3 Å². The average Bonchev–Trinajstić information content (AvgIpc) is 2.67. The number of aliphatic imine (C=N–C) groups is 1. The van der Waals surface area contributed by atoms with E-state index in [0.717, 1.165) is 26.3 Å². The SMILES string of the molecule is CN=C(NCc1ccc(N2CCOCC2)cc1)NCC(C)(C)NC(=O)OC(C)(C)C.I. The largest absolute Gasteiger partial charge is 0.444 e. The van der Waals surface area contributed by atoms with E-state index in [1.807, 2.05) is 34.6 Å². The molecule has 0 saturated carbocycles. The van der Waals surface area contributed by atoms with Crippen LogP contribution < -0.4 is 20.9 Å². The number of hydrogen-bond acceptors (Lipinski definition) is 5. The Bertz CT molecular complexity index is 711. The third-order valence-electron chi connectivity index (χ3n) is 4.53. The van der Waals surface area contributed by atoms with Crippen LogP contribution in [-0.4, -0.2) is 63.1 Å². The summed E-state index contributed by atoms with van der Waals surface area (Å²) in [5, 5.41) is 9.45. The topological polar surface area (TPSA) is 87.2 Å². The van der Waals surface area contributed by atoms with Crippen LogP contribution in [0.3, 0.4) is 0 Å².